The first-order valence-electron chi connectivity index (χ1n) is 6.68. The third kappa shape index (κ3) is 4.20. The number of aromatic nitrogens is 2. The van der Waals surface area contributed by atoms with Crippen LogP contribution in [0.1, 0.15) is 5.56 Å². The molecular formula is C15H20N4O. The van der Waals surface area contributed by atoms with E-state index in [9.17, 15) is 4.79 Å². The summed E-state index contributed by atoms with van der Waals surface area (Å²) in [6.45, 7) is 2.41. The third-order valence-corrected chi connectivity index (χ3v) is 3.26. The molecule has 0 saturated heterocycles. The van der Waals surface area contributed by atoms with E-state index in [4.69, 9.17) is 5.73 Å². The molecule has 0 amide bonds. The van der Waals surface area contributed by atoms with E-state index >= 15 is 0 Å². The second kappa shape index (κ2) is 6.86. The number of hydrogen-bond acceptors (Lipinski definition) is 4. The molecule has 20 heavy (non-hydrogen) atoms. The van der Waals surface area contributed by atoms with Gasteiger partial charge in [-0.25, -0.2) is 0 Å². The lowest BCUT2D eigenvalue weighted by molar-refractivity contribution is 0.321. The standard InChI is InChI=1S/C15H20N4O/c1-18(9-6-13-4-7-17-8-5-13)10-11-19-12-14(16)2-3-15(19)20/h2-5,7-8,12H,6,9-11,16H2,1H3. The highest BCUT2D eigenvalue weighted by molar-refractivity contribution is 5.33. The van der Waals surface area contributed by atoms with Gasteiger partial charge in [0.25, 0.3) is 5.56 Å². The van der Waals surface area contributed by atoms with Gasteiger partial charge in [0, 0.05) is 50.0 Å². The Morgan fingerprint density at radius 2 is 1.95 bits per heavy atom. The molecule has 5 heteroatoms. The number of nitrogens with two attached hydrogens (primary N) is 1. The largest absolute Gasteiger partial charge is 0.398 e. The molecule has 2 rings (SSSR count). The lowest BCUT2D eigenvalue weighted by Crippen LogP contribution is -2.29. The van der Waals surface area contributed by atoms with Gasteiger partial charge in [-0.3, -0.25) is 9.78 Å². The Balaban J connectivity index is 1.82. The highest BCUT2D eigenvalue weighted by atomic mass is 16.1. The molecule has 106 valence electrons. The monoisotopic (exact) mass is 272 g/mol. The van der Waals surface area contributed by atoms with Crippen LogP contribution in [-0.4, -0.2) is 34.6 Å². The molecule has 0 aliphatic carbocycles. The normalized spacial score (nSPS) is 10.9. The molecule has 0 radical (unpaired) electrons. The smallest absolute Gasteiger partial charge is 0.250 e. The summed E-state index contributed by atoms with van der Waals surface area (Å²) in [6, 6.07) is 7.19. The van der Waals surface area contributed by atoms with Gasteiger partial charge in [-0.15, -0.1) is 0 Å². The van der Waals surface area contributed by atoms with Gasteiger partial charge in [-0.1, -0.05) is 0 Å². The van der Waals surface area contributed by atoms with Gasteiger partial charge in [0.1, 0.15) is 0 Å². The highest BCUT2D eigenvalue weighted by Gasteiger charge is 2.02. The predicted octanol–water partition coefficient (Wildman–Crippen LogP) is 1.000. The fourth-order valence-electron chi connectivity index (χ4n) is 1.98. The van der Waals surface area contributed by atoms with Crippen LogP contribution < -0.4 is 11.3 Å². The van der Waals surface area contributed by atoms with Crippen LogP contribution in [0.5, 0.6) is 0 Å². The summed E-state index contributed by atoms with van der Waals surface area (Å²) < 4.78 is 1.65. The van der Waals surface area contributed by atoms with Crippen LogP contribution in [0.3, 0.4) is 0 Å². The molecule has 2 aromatic rings. The van der Waals surface area contributed by atoms with Crippen molar-refractivity contribution < 1.29 is 0 Å². The molecule has 0 spiro atoms. The Bertz CT molecular complexity index is 594. The lowest BCUT2D eigenvalue weighted by Gasteiger charge is -2.17. The predicted molar refractivity (Wildman–Crippen MR) is 80.6 cm³/mol. The Hall–Kier alpha value is -2.14. The van der Waals surface area contributed by atoms with Crippen LogP contribution >= 0.6 is 0 Å². The molecule has 0 fully saturated rings. The summed E-state index contributed by atoms with van der Waals surface area (Å²) in [4.78, 5) is 17.9. The number of hydrogen-bond donors (Lipinski definition) is 1. The Morgan fingerprint density at radius 3 is 2.70 bits per heavy atom. The SMILES string of the molecule is CN(CCc1ccncc1)CCn1cc(N)ccc1=O. The number of nitrogens with zero attached hydrogens (tertiary/aromatic N) is 3. The van der Waals surface area contributed by atoms with Crippen molar-refractivity contribution >= 4 is 5.69 Å². The number of anilines is 1. The molecule has 0 aliphatic rings. The first-order valence-corrected chi connectivity index (χ1v) is 6.68. The fraction of sp³-hybridized carbons (Fsp3) is 0.333. The minimum atomic E-state index is -0.0123. The van der Waals surface area contributed by atoms with E-state index in [1.165, 1.54) is 11.6 Å². The maximum absolute atomic E-state index is 11.6. The van der Waals surface area contributed by atoms with Gasteiger partial charge >= 0.3 is 0 Å². The van der Waals surface area contributed by atoms with Crippen molar-refractivity contribution in [3.8, 4) is 0 Å². The van der Waals surface area contributed by atoms with E-state index in [1.54, 1.807) is 16.8 Å². The fourth-order valence-corrected chi connectivity index (χ4v) is 1.98. The average Bonchev–Trinajstić information content (AvgIpc) is 2.47. The van der Waals surface area contributed by atoms with E-state index in [1.807, 2.05) is 24.5 Å². The van der Waals surface area contributed by atoms with Gasteiger partial charge in [-0.05, 0) is 37.2 Å². The second-order valence-corrected chi connectivity index (χ2v) is 4.90. The molecule has 0 bridgehead atoms. The van der Waals surface area contributed by atoms with Crippen molar-refractivity contribution in [2.45, 2.75) is 13.0 Å². The Labute approximate surface area is 118 Å². The zero-order valence-corrected chi connectivity index (χ0v) is 11.7. The van der Waals surface area contributed by atoms with E-state index < -0.39 is 0 Å². The van der Waals surface area contributed by atoms with Crippen LogP contribution in [0, 0.1) is 0 Å². The molecule has 2 N–H and O–H groups in total. The van der Waals surface area contributed by atoms with Crippen LogP contribution in [-0.2, 0) is 13.0 Å². The quantitative estimate of drug-likeness (QED) is 0.852. The van der Waals surface area contributed by atoms with Gasteiger partial charge in [-0.2, -0.15) is 0 Å². The third-order valence-electron chi connectivity index (χ3n) is 3.26. The lowest BCUT2D eigenvalue weighted by atomic mass is 10.2. The first-order chi connectivity index (χ1) is 9.65. The zero-order chi connectivity index (χ0) is 14.4. The molecule has 0 aliphatic heterocycles. The van der Waals surface area contributed by atoms with Crippen molar-refractivity contribution in [1.82, 2.24) is 14.5 Å². The first kappa shape index (κ1) is 14.3. The van der Waals surface area contributed by atoms with Crippen molar-refractivity contribution in [2.75, 3.05) is 25.9 Å². The molecule has 2 heterocycles. The number of likely N-dealkylation sites (N-methyl/N-ethyl adjacent to an activating group) is 1. The van der Waals surface area contributed by atoms with Gasteiger partial charge in [0.05, 0.1) is 0 Å². The summed E-state index contributed by atoms with van der Waals surface area (Å²) in [7, 11) is 2.05. The second-order valence-electron chi connectivity index (χ2n) is 4.90. The highest BCUT2D eigenvalue weighted by Crippen LogP contribution is 2.00. The summed E-state index contributed by atoms with van der Waals surface area (Å²) in [5.41, 5.74) is 7.56. The summed E-state index contributed by atoms with van der Waals surface area (Å²) >= 11 is 0. The number of nitrogen functional groups attached to an aromatic ring is 1. The van der Waals surface area contributed by atoms with Gasteiger partial charge in [0.15, 0.2) is 0 Å². The average molecular weight is 272 g/mol. The van der Waals surface area contributed by atoms with Crippen LogP contribution in [0.2, 0.25) is 0 Å². The molecule has 0 aromatic carbocycles. The van der Waals surface area contributed by atoms with E-state index in [0.717, 1.165) is 19.5 Å². The van der Waals surface area contributed by atoms with Crippen LogP contribution in [0.15, 0.2) is 47.7 Å². The minimum absolute atomic E-state index is 0.0123. The van der Waals surface area contributed by atoms with Crippen LogP contribution in [0.4, 0.5) is 5.69 Å². The van der Waals surface area contributed by atoms with Crippen molar-refractivity contribution in [3.63, 3.8) is 0 Å². The molecule has 0 unspecified atom stereocenters. The van der Waals surface area contributed by atoms with Crippen molar-refractivity contribution in [3.05, 3.63) is 58.8 Å². The summed E-state index contributed by atoms with van der Waals surface area (Å²) in [5.74, 6) is 0. The topological polar surface area (TPSA) is 64.2 Å². The maximum Gasteiger partial charge on any atom is 0.250 e. The molecule has 0 saturated carbocycles. The number of pyridine rings is 2. The molecule has 5 nitrogen and oxygen atoms in total. The van der Waals surface area contributed by atoms with Crippen LogP contribution in [0.25, 0.3) is 0 Å². The molecular weight excluding hydrogens is 252 g/mol. The number of rotatable bonds is 6. The van der Waals surface area contributed by atoms with E-state index in [-0.39, 0.29) is 5.56 Å². The van der Waals surface area contributed by atoms with Gasteiger partial charge in [0.2, 0.25) is 0 Å². The zero-order valence-electron chi connectivity index (χ0n) is 11.7. The van der Waals surface area contributed by atoms with E-state index in [0.29, 0.717) is 12.2 Å². The maximum atomic E-state index is 11.6. The Kier molecular flexibility index (Phi) is 4.90. The molecule has 2 aromatic heterocycles. The minimum Gasteiger partial charge on any atom is -0.398 e. The summed E-state index contributed by atoms with van der Waals surface area (Å²) in [5, 5.41) is 0. The van der Waals surface area contributed by atoms with Crippen molar-refractivity contribution in [1.29, 1.82) is 0 Å². The Morgan fingerprint density at radius 1 is 1.20 bits per heavy atom. The van der Waals surface area contributed by atoms with E-state index in [2.05, 4.69) is 16.9 Å². The summed E-state index contributed by atoms with van der Waals surface area (Å²) in [6.07, 6.45) is 6.28. The van der Waals surface area contributed by atoms with Gasteiger partial charge < -0.3 is 15.2 Å². The molecule has 0 atom stereocenters. The van der Waals surface area contributed by atoms with Crippen molar-refractivity contribution in [2.24, 2.45) is 0 Å².